The minimum atomic E-state index is -0.242. The Bertz CT molecular complexity index is 627. The van der Waals surface area contributed by atoms with Crippen LogP contribution in [0.1, 0.15) is 23.0 Å². The molecule has 1 N–H and O–H groups in total. The third-order valence-electron chi connectivity index (χ3n) is 3.35. The molecule has 0 aliphatic heterocycles. The number of rotatable bonds is 4. The summed E-state index contributed by atoms with van der Waals surface area (Å²) in [5.41, 5.74) is 2.30. The molecule has 2 rings (SSSR count). The van der Waals surface area contributed by atoms with Crippen LogP contribution in [0, 0.1) is 12.7 Å². The number of hydrogen-bond donors (Lipinski definition) is 1. The molecule has 0 saturated carbocycles. The van der Waals surface area contributed by atoms with Gasteiger partial charge in [-0.15, -0.1) is 0 Å². The maximum absolute atomic E-state index is 14.1. The van der Waals surface area contributed by atoms with E-state index in [-0.39, 0.29) is 11.9 Å². The third-order valence-corrected chi connectivity index (χ3v) is 4.33. The molecule has 0 saturated heterocycles. The van der Waals surface area contributed by atoms with Gasteiger partial charge in [0.15, 0.2) is 0 Å². The van der Waals surface area contributed by atoms with Gasteiger partial charge in [0, 0.05) is 29.5 Å². The molecule has 0 fully saturated rings. The fourth-order valence-electron chi connectivity index (χ4n) is 2.25. The van der Waals surface area contributed by atoms with E-state index in [0.717, 1.165) is 15.9 Å². The lowest BCUT2D eigenvalue weighted by atomic mass is 10.0. The highest BCUT2D eigenvalue weighted by atomic mass is 79.9. The molecule has 0 spiro atoms. The Hall–Kier alpha value is -0.910. The zero-order chi connectivity index (χ0) is 14.9. The zero-order valence-corrected chi connectivity index (χ0v) is 13.9. The molecule has 1 aromatic carbocycles. The van der Waals surface area contributed by atoms with Gasteiger partial charge in [0.25, 0.3) is 0 Å². The van der Waals surface area contributed by atoms with Crippen molar-refractivity contribution < 1.29 is 4.39 Å². The molecule has 1 unspecified atom stereocenters. The van der Waals surface area contributed by atoms with E-state index in [0.29, 0.717) is 17.0 Å². The lowest BCUT2D eigenvalue weighted by molar-refractivity contribution is 0.519. The maximum Gasteiger partial charge on any atom is 0.129 e. The van der Waals surface area contributed by atoms with Gasteiger partial charge >= 0.3 is 0 Å². The summed E-state index contributed by atoms with van der Waals surface area (Å²) in [5.74, 6) is -0.242. The Morgan fingerprint density at radius 3 is 2.70 bits per heavy atom. The monoisotopic (exact) mass is 359 g/mol. The average molecular weight is 361 g/mol. The van der Waals surface area contributed by atoms with E-state index in [9.17, 15) is 4.39 Å². The Labute approximate surface area is 131 Å². The SMILES string of the molecule is CNC(Cc1c(Cl)c(C)nn1C)c1ccc(Br)cc1F. The number of likely N-dealkylation sites (N-methyl/N-ethyl adjacent to an activating group) is 1. The van der Waals surface area contributed by atoms with Gasteiger partial charge in [0.05, 0.1) is 16.4 Å². The van der Waals surface area contributed by atoms with Crippen LogP contribution in [0.4, 0.5) is 4.39 Å². The first-order chi connectivity index (χ1) is 9.43. The molecule has 2 aromatic rings. The van der Waals surface area contributed by atoms with Crippen molar-refractivity contribution in [2.45, 2.75) is 19.4 Å². The van der Waals surface area contributed by atoms with Crippen LogP contribution in [0.15, 0.2) is 22.7 Å². The minimum absolute atomic E-state index is 0.157. The Morgan fingerprint density at radius 2 is 2.20 bits per heavy atom. The Morgan fingerprint density at radius 1 is 1.50 bits per heavy atom. The molecule has 1 atom stereocenters. The second-order valence-corrected chi connectivity index (χ2v) is 5.97. The molecule has 1 aromatic heterocycles. The number of hydrogen-bond acceptors (Lipinski definition) is 2. The van der Waals surface area contributed by atoms with Crippen LogP contribution in [0.3, 0.4) is 0 Å². The summed E-state index contributed by atoms with van der Waals surface area (Å²) >= 11 is 9.52. The first kappa shape index (κ1) is 15.5. The van der Waals surface area contributed by atoms with E-state index in [1.165, 1.54) is 6.07 Å². The second kappa shape index (κ2) is 6.24. The summed E-state index contributed by atoms with van der Waals surface area (Å²) in [4.78, 5) is 0. The largest absolute Gasteiger partial charge is 0.313 e. The van der Waals surface area contributed by atoms with Crippen molar-refractivity contribution in [3.05, 3.63) is 50.5 Å². The van der Waals surface area contributed by atoms with Crippen molar-refractivity contribution >= 4 is 27.5 Å². The summed E-state index contributed by atoms with van der Waals surface area (Å²) in [6.45, 7) is 1.86. The number of benzene rings is 1. The number of aryl methyl sites for hydroxylation is 2. The lowest BCUT2D eigenvalue weighted by Crippen LogP contribution is -2.21. The van der Waals surface area contributed by atoms with Gasteiger partial charge < -0.3 is 5.32 Å². The molecule has 0 aliphatic rings. The van der Waals surface area contributed by atoms with Gasteiger partial charge in [-0.05, 0) is 26.1 Å². The van der Waals surface area contributed by atoms with Gasteiger partial charge in [0.2, 0.25) is 0 Å². The standard InChI is InChI=1S/C14H16BrClFN3/c1-8-14(16)13(20(3)19-8)7-12(18-2)10-5-4-9(15)6-11(10)17/h4-6,12,18H,7H2,1-3H3. The van der Waals surface area contributed by atoms with Crippen molar-refractivity contribution in [2.75, 3.05) is 7.05 Å². The summed E-state index contributed by atoms with van der Waals surface area (Å²) in [5, 5.41) is 8.06. The van der Waals surface area contributed by atoms with Crippen molar-refractivity contribution in [1.82, 2.24) is 15.1 Å². The highest BCUT2D eigenvalue weighted by Crippen LogP contribution is 2.27. The van der Waals surface area contributed by atoms with E-state index in [1.807, 2.05) is 27.1 Å². The second-order valence-electron chi connectivity index (χ2n) is 4.68. The lowest BCUT2D eigenvalue weighted by Gasteiger charge is -2.18. The van der Waals surface area contributed by atoms with Gasteiger partial charge in [-0.1, -0.05) is 33.6 Å². The molecule has 0 amide bonds. The molecule has 108 valence electrons. The van der Waals surface area contributed by atoms with Crippen molar-refractivity contribution in [1.29, 1.82) is 0 Å². The molecule has 20 heavy (non-hydrogen) atoms. The predicted octanol–water partition coefficient (Wildman–Crippen LogP) is 3.79. The fourth-order valence-corrected chi connectivity index (χ4v) is 2.82. The first-order valence-electron chi connectivity index (χ1n) is 6.24. The molecular formula is C14H16BrClFN3. The van der Waals surface area contributed by atoms with Crippen LogP contribution in [0.2, 0.25) is 5.02 Å². The maximum atomic E-state index is 14.1. The van der Waals surface area contributed by atoms with Crippen molar-refractivity contribution in [3.8, 4) is 0 Å². The van der Waals surface area contributed by atoms with E-state index < -0.39 is 0 Å². The molecule has 0 radical (unpaired) electrons. The minimum Gasteiger partial charge on any atom is -0.313 e. The number of aromatic nitrogens is 2. The van der Waals surface area contributed by atoms with Crippen molar-refractivity contribution in [2.24, 2.45) is 7.05 Å². The van der Waals surface area contributed by atoms with Crippen LogP contribution in [-0.2, 0) is 13.5 Å². The van der Waals surface area contributed by atoms with E-state index >= 15 is 0 Å². The molecule has 0 aliphatic carbocycles. The van der Waals surface area contributed by atoms with Crippen LogP contribution >= 0.6 is 27.5 Å². The van der Waals surface area contributed by atoms with E-state index in [2.05, 4.69) is 26.3 Å². The third kappa shape index (κ3) is 3.05. The molecule has 0 bridgehead atoms. The highest BCUT2D eigenvalue weighted by Gasteiger charge is 2.19. The Kier molecular flexibility index (Phi) is 4.83. The normalized spacial score (nSPS) is 12.7. The molecule has 6 heteroatoms. The highest BCUT2D eigenvalue weighted by molar-refractivity contribution is 9.10. The number of nitrogens with zero attached hydrogens (tertiary/aromatic N) is 2. The van der Waals surface area contributed by atoms with Gasteiger partial charge in [-0.25, -0.2) is 4.39 Å². The summed E-state index contributed by atoms with van der Waals surface area (Å²) in [7, 11) is 3.65. The number of halogens is 3. The molecular weight excluding hydrogens is 345 g/mol. The van der Waals surface area contributed by atoms with Crippen LogP contribution < -0.4 is 5.32 Å². The number of nitrogens with one attached hydrogen (secondary N) is 1. The van der Waals surface area contributed by atoms with Gasteiger partial charge in [-0.2, -0.15) is 5.10 Å². The summed E-state index contributed by atoms with van der Waals surface area (Å²) in [6.07, 6.45) is 0.575. The van der Waals surface area contributed by atoms with Crippen molar-refractivity contribution in [3.63, 3.8) is 0 Å². The van der Waals surface area contributed by atoms with Gasteiger partial charge in [0.1, 0.15) is 5.82 Å². The summed E-state index contributed by atoms with van der Waals surface area (Å²) in [6, 6.07) is 4.92. The Balaban J connectivity index is 2.33. The quantitative estimate of drug-likeness (QED) is 0.899. The average Bonchev–Trinajstić information content (AvgIpc) is 2.62. The van der Waals surface area contributed by atoms with Gasteiger partial charge in [-0.3, -0.25) is 4.68 Å². The fraction of sp³-hybridized carbons (Fsp3) is 0.357. The molecule has 3 nitrogen and oxygen atoms in total. The predicted molar refractivity (Wildman–Crippen MR) is 82.6 cm³/mol. The first-order valence-corrected chi connectivity index (χ1v) is 7.41. The van der Waals surface area contributed by atoms with Crippen LogP contribution in [0.25, 0.3) is 0 Å². The topological polar surface area (TPSA) is 29.9 Å². The van der Waals surface area contributed by atoms with Crippen LogP contribution in [0.5, 0.6) is 0 Å². The van der Waals surface area contributed by atoms with E-state index in [4.69, 9.17) is 11.6 Å². The van der Waals surface area contributed by atoms with E-state index in [1.54, 1.807) is 10.7 Å². The summed E-state index contributed by atoms with van der Waals surface area (Å²) < 4.78 is 16.5. The zero-order valence-electron chi connectivity index (χ0n) is 11.5. The molecule has 1 heterocycles. The van der Waals surface area contributed by atoms with Crippen LogP contribution in [-0.4, -0.2) is 16.8 Å². The smallest absolute Gasteiger partial charge is 0.129 e.